The lowest BCUT2D eigenvalue weighted by Gasteiger charge is -2.36. The maximum atomic E-state index is 12.5. The first-order valence-electron chi connectivity index (χ1n) is 6.46. The van der Waals surface area contributed by atoms with Crippen molar-refractivity contribution in [2.45, 2.75) is 45.1 Å². The van der Waals surface area contributed by atoms with Crippen LogP contribution < -0.4 is 0 Å². The van der Waals surface area contributed by atoms with Gasteiger partial charge in [-0.2, -0.15) is 0 Å². The van der Waals surface area contributed by atoms with E-state index in [4.69, 9.17) is 4.42 Å². The minimum Gasteiger partial charge on any atom is -0.472 e. The zero-order valence-corrected chi connectivity index (χ0v) is 10.7. The summed E-state index contributed by atoms with van der Waals surface area (Å²) in [6.45, 7) is 6.30. The average Bonchev–Trinajstić information content (AvgIpc) is 3.00. The standard InChI is InChI=1S/C14H21NO2/c1-3-14(2,15-7-4-5-8-15)13(16)10-12-6-9-17-11-12/h6,9,11H,3-5,7-8,10H2,1-2H3. The molecular weight excluding hydrogens is 214 g/mol. The van der Waals surface area contributed by atoms with Crippen molar-refractivity contribution in [2.75, 3.05) is 13.1 Å². The number of nitrogens with zero attached hydrogens (tertiary/aromatic N) is 1. The number of Topliss-reactive ketones (excluding diaryl/α,β-unsaturated/α-hetero) is 1. The highest BCUT2D eigenvalue weighted by molar-refractivity contribution is 5.89. The Morgan fingerprint density at radius 3 is 2.71 bits per heavy atom. The van der Waals surface area contributed by atoms with Crippen LogP contribution in [0.1, 0.15) is 38.7 Å². The molecule has 1 unspecified atom stereocenters. The molecule has 0 radical (unpaired) electrons. The van der Waals surface area contributed by atoms with E-state index >= 15 is 0 Å². The molecule has 94 valence electrons. The normalized spacial score (nSPS) is 20.4. The van der Waals surface area contributed by atoms with Crippen LogP contribution >= 0.6 is 0 Å². The maximum absolute atomic E-state index is 12.5. The van der Waals surface area contributed by atoms with E-state index in [-0.39, 0.29) is 5.54 Å². The molecule has 1 aromatic heterocycles. The summed E-state index contributed by atoms with van der Waals surface area (Å²) in [4.78, 5) is 14.8. The fraction of sp³-hybridized carbons (Fsp3) is 0.643. The van der Waals surface area contributed by atoms with Crippen LogP contribution in [0.25, 0.3) is 0 Å². The molecule has 2 rings (SSSR count). The molecule has 1 aromatic rings. The zero-order chi connectivity index (χ0) is 12.3. The Morgan fingerprint density at radius 2 is 2.18 bits per heavy atom. The SMILES string of the molecule is CCC(C)(C(=O)Cc1ccoc1)N1CCCC1. The van der Waals surface area contributed by atoms with Crippen LogP contribution in [0.2, 0.25) is 0 Å². The third-order valence-corrected chi connectivity index (χ3v) is 4.04. The molecule has 0 saturated carbocycles. The molecule has 0 aromatic carbocycles. The number of carbonyl (C=O) groups is 1. The summed E-state index contributed by atoms with van der Waals surface area (Å²) in [6.07, 6.45) is 7.09. The topological polar surface area (TPSA) is 33.5 Å². The first-order valence-corrected chi connectivity index (χ1v) is 6.46. The second kappa shape index (κ2) is 5.05. The van der Waals surface area contributed by atoms with Gasteiger partial charge >= 0.3 is 0 Å². The Hall–Kier alpha value is -1.09. The second-order valence-corrected chi connectivity index (χ2v) is 5.05. The minimum atomic E-state index is -0.298. The quantitative estimate of drug-likeness (QED) is 0.786. The van der Waals surface area contributed by atoms with Crippen molar-refractivity contribution in [3.63, 3.8) is 0 Å². The number of hydrogen-bond acceptors (Lipinski definition) is 3. The molecule has 3 heteroatoms. The van der Waals surface area contributed by atoms with Crippen molar-refractivity contribution >= 4 is 5.78 Å². The van der Waals surface area contributed by atoms with E-state index in [0.717, 1.165) is 25.1 Å². The molecule has 1 fully saturated rings. The Kier molecular flexibility index (Phi) is 3.67. The summed E-state index contributed by atoms with van der Waals surface area (Å²) in [5.41, 5.74) is 0.683. The average molecular weight is 235 g/mol. The van der Waals surface area contributed by atoms with Crippen molar-refractivity contribution < 1.29 is 9.21 Å². The van der Waals surface area contributed by atoms with Gasteiger partial charge in [0.15, 0.2) is 5.78 Å². The van der Waals surface area contributed by atoms with E-state index in [9.17, 15) is 4.79 Å². The molecular formula is C14H21NO2. The molecule has 0 spiro atoms. The van der Waals surface area contributed by atoms with E-state index < -0.39 is 0 Å². The van der Waals surface area contributed by atoms with Crippen LogP contribution in [0.15, 0.2) is 23.0 Å². The van der Waals surface area contributed by atoms with Crippen LogP contribution in [0, 0.1) is 0 Å². The molecule has 1 atom stereocenters. The Morgan fingerprint density at radius 1 is 1.47 bits per heavy atom. The minimum absolute atomic E-state index is 0.298. The predicted molar refractivity (Wildman–Crippen MR) is 66.9 cm³/mol. The number of ketones is 1. The molecule has 0 aliphatic carbocycles. The van der Waals surface area contributed by atoms with Gasteiger partial charge in [0.1, 0.15) is 0 Å². The van der Waals surface area contributed by atoms with E-state index in [1.807, 2.05) is 6.07 Å². The highest BCUT2D eigenvalue weighted by Crippen LogP contribution is 2.26. The smallest absolute Gasteiger partial charge is 0.157 e. The van der Waals surface area contributed by atoms with E-state index in [0.29, 0.717) is 12.2 Å². The van der Waals surface area contributed by atoms with Crippen LogP contribution in [-0.2, 0) is 11.2 Å². The fourth-order valence-electron chi connectivity index (χ4n) is 2.58. The number of carbonyl (C=O) groups excluding carboxylic acids is 1. The highest BCUT2D eigenvalue weighted by atomic mass is 16.3. The Labute approximate surface area is 103 Å². The van der Waals surface area contributed by atoms with E-state index in [1.54, 1.807) is 12.5 Å². The van der Waals surface area contributed by atoms with Gasteiger partial charge in [-0.25, -0.2) is 0 Å². The lowest BCUT2D eigenvalue weighted by Crippen LogP contribution is -2.51. The van der Waals surface area contributed by atoms with Gasteiger partial charge in [-0.05, 0) is 50.9 Å². The van der Waals surface area contributed by atoms with Gasteiger partial charge in [0.05, 0.1) is 18.1 Å². The third-order valence-electron chi connectivity index (χ3n) is 4.04. The summed E-state index contributed by atoms with van der Waals surface area (Å²) in [6, 6.07) is 1.87. The molecule has 0 N–H and O–H groups in total. The molecule has 1 aliphatic rings. The molecule has 1 saturated heterocycles. The molecule has 0 bridgehead atoms. The second-order valence-electron chi connectivity index (χ2n) is 5.05. The predicted octanol–water partition coefficient (Wildman–Crippen LogP) is 2.66. The molecule has 0 amide bonds. The molecule has 3 nitrogen and oxygen atoms in total. The maximum Gasteiger partial charge on any atom is 0.157 e. The van der Waals surface area contributed by atoms with Crippen LogP contribution in [0.5, 0.6) is 0 Å². The highest BCUT2D eigenvalue weighted by Gasteiger charge is 2.38. The largest absolute Gasteiger partial charge is 0.472 e. The molecule has 17 heavy (non-hydrogen) atoms. The number of likely N-dealkylation sites (tertiary alicyclic amines) is 1. The van der Waals surface area contributed by atoms with Gasteiger partial charge < -0.3 is 4.42 Å². The van der Waals surface area contributed by atoms with Crippen molar-refractivity contribution in [3.05, 3.63) is 24.2 Å². The van der Waals surface area contributed by atoms with Crippen LogP contribution in [-0.4, -0.2) is 29.3 Å². The summed E-state index contributed by atoms with van der Waals surface area (Å²) < 4.78 is 5.02. The van der Waals surface area contributed by atoms with Gasteiger partial charge in [0.25, 0.3) is 0 Å². The van der Waals surface area contributed by atoms with Crippen molar-refractivity contribution in [1.29, 1.82) is 0 Å². The molecule has 1 aliphatic heterocycles. The fourth-order valence-corrected chi connectivity index (χ4v) is 2.58. The first-order chi connectivity index (χ1) is 8.16. The molecule has 2 heterocycles. The lowest BCUT2D eigenvalue weighted by molar-refractivity contribution is -0.129. The van der Waals surface area contributed by atoms with Gasteiger partial charge in [-0.1, -0.05) is 6.92 Å². The monoisotopic (exact) mass is 235 g/mol. The van der Waals surface area contributed by atoms with Crippen molar-refractivity contribution in [1.82, 2.24) is 4.90 Å². The van der Waals surface area contributed by atoms with Gasteiger partial charge in [0, 0.05) is 6.42 Å². The van der Waals surface area contributed by atoms with Gasteiger partial charge in [-0.15, -0.1) is 0 Å². The Bertz CT molecular complexity index is 366. The lowest BCUT2D eigenvalue weighted by atomic mass is 9.88. The zero-order valence-electron chi connectivity index (χ0n) is 10.7. The third kappa shape index (κ3) is 2.44. The number of furan rings is 1. The number of hydrogen-bond donors (Lipinski definition) is 0. The van der Waals surface area contributed by atoms with Gasteiger partial charge in [-0.3, -0.25) is 9.69 Å². The van der Waals surface area contributed by atoms with Crippen LogP contribution in [0.3, 0.4) is 0 Å². The summed E-state index contributed by atoms with van der Waals surface area (Å²) in [7, 11) is 0. The summed E-state index contributed by atoms with van der Waals surface area (Å²) in [5.74, 6) is 0.309. The summed E-state index contributed by atoms with van der Waals surface area (Å²) >= 11 is 0. The van der Waals surface area contributed by atoms with E-state index in [1.165, 1.54) is 12.8 Å². The van der Waals surface area contributed by atoms with Crippen molar-refractivity contribution in [3.8, 4) is 0 Å². The Balaban J connectivity index is 2.08. The first kappa shape index (κ1) is 12.4. The van der Waals surface area contributed by atoms with Crippen molar-refractivity contribution in [2.24, 2.45) is 0 Å². The number of rotatable bonds is 5. The van der Waals surface area contributed by atoms with Crippen LogP contribution in [0.4, 0.5) is 0 Å². The summed E-state index contributed by atoms with van der Waals surface area (Å²) in [5, 5.41) is 0. The van der Waals surface area contributed by atoms with Gasteiger partial charge in [0.2, 0.25) is 0 Å². The van der Waals surface area contributed by atoms with E-state index in [2.05, 4.69) is 18.7 Å².